The number of nitrogens with zero attached hydrogens (tertiary/aromatic N) is 3. The maximum absolute atomic E-state index is 12.5. The van der Waals surface area contributed by atoms with Crippen LogP contribution in [0.5, 0.6) is 0 Å². The lowest BCUT2D eigenvalue weighted by Gasteiger charge is -2.32. The van der Waals surface area contributed by atoms with Gasteiger partial charge in [0.25, 0.3) is 0 Å². The molecule has 0 aliphatic heterocycles. The van der Waals surface area contributed by atoms with Crippen LogP contribution < -0.4 is 5.32 Å². The fraction of sp³-hybridized carbons (Fsp3) is 0.333. The van der Waals surface area contributed by atoms with Crippen LogP contribution in [0.1, 0.15) is 44.7 Å². The Labute approximate surface area is 159 Å². The average molecular weight is 364 g/mol. The Kier molecular flexibility index (Phi) is 5.64. The lowest BCUT2D eigenvalue weighted by molar-refractivity contribution is -0.122. The number of aromatic nitrogens is 3. The second-order valence-electron chi connectivity index (χ2n) is 7.50. The topological polar surface area (TPSA) is 80.9 Å². The zero-order valence-electron chi connectivity index (χ0n) is 15.8. The summed E-state index contributed by atoms with van der Waals surface area (Å²) in [5.41, 5.74) is 1.63. The van der Waals surface area contributed by atoms with Gasteiger partial charge >= 0.3 is 0 Å². The number of rotatable bonds is 6. The van der Waals surface area contributed by atoms with Crippen LogP contribution >= 0.6 is 0 Å². The molecule has 3 rings (SSSR count). The van der Waals surface area contributed by atoms with E-state index >= 15 is 0 Å². The predicted octanol–water partition coefficient (Wildman–Crippen LogP) is 3.97. The normalized spacial score (nSPS) is 12.6. The van der Waals surface area contributed by atoms with Crippen LogP contribution in [0.3, 0.4) is 0 Å². The van der Waals surface area contributed by atoms with Crippen molar-refractivity contribution in [3.05, 3.63) is 66.2 Å². The third-order valence-electron chi connectivity index (χ3n) is 4.23. The summed E-state index contributed by atoms with van der Waals surface area (Å²) in [7, 11) is 0. The summed E-state index contributed by atoms with van der Waals surface area (Å²) >= 11 is 0. The largest absolute Gasteiger partial charge is 0.349 e. The Balaban J connectivity index is 1.61. The molecule has 0 aliphatic rings. The number of carbonyl (C=O) groups excluding carboxylic acids is 1. The monoisotopic (exact) mass is 364 g/mol. The van der Waals surface area contributed by atoms with Gasteiger partial charge in [-0.2, -0.15) is 4.98 Å². The summed E-state index contributed by atoms with van der Waals surface area (Å²) in [5, 5.41) is 7.07. The van der Waals surface area contributed by atoms with E-state index in [2.05, 4.69) is 41.2 Å². The van der Waals surface area contributed by atoms with Crippen molar-refractivity contribution >= 4 is 5.91 Å². The number of pyridine rings is 1. The summed E-state index contributed by atoms with van der Waals surface area (Å²) in [6, 6.07) is 15.4. The quantitative estimate of drug-likeness (QED) is 0.716. The Bertz CT molecular complexity index is 870. The molecule has 6 heteroatoms. The molecule has 1 aromatic carbocycles. The Morgan fingerprint density at radius 2 is 1.85 bits per heavy atom. The van der Waals surface area contributed by atoms with Crippen molar-refractivity contribution in [2.75, 3.05) is 0 Å². The van der Waals surface area contributed by atoms with Crippen molar-refractivity contribution in [3.8, 4) is 11.5 Å². The van der Waals surface area contributed by atoms with Crippen molar-refractivity contribution in [2.45, 2.75) is 39.7 Å². The molecule has 0 saturated carbocycles. The molecule has 0 fully saturated rings. The van der Waals surface area contributed by atoms with Crippen molar-refractivity contribution in [2.24, 2.45) is 5.41 Å². The van der Waals surface area contributed by atoms with Crippen molar-refractivity contribution in [1.29, 1.82) is 0 Å². The van der Waals surface area contributed by atoms with Crippen molar-refractivity contribution < 1.29 is 9.32 Å². The first kappa shape index (κ1) is 18.8. The number of hydrogen-bond acceptors (Lipinski definition) is 5. The highest BCUT2D eigenvalue weighted by atomic mass is 16.5. The molecule has 0 spiro atoms. The highest BCUT2D eigenvalue weighted by Crippen LogP contribution is 2.32. The molecule has 1 amide bonds. The molecule has 1 N–H and O–H groups in total. The van der Waals surface area contributed by atoms with Gasteiger partial charge in [-0.1, -0.05) is 62.3 Å². The molecule has 6 nitrogen and oxygen atoms in total. The minimum atomic E-state index is -0.104. The first-order valence-electron chi connectivity index (χ1n) is 9.02. The van der Waals surface area contributed by atoms with E-state index in [4.69, 9.17) is 4.52 Å². The van der Waals surface area contributed by atoms with E-state index in [-0.39, 0.29) is 23.8 Å². The second-order valence-corrected chi connectivity index (χ2v) is 7.50. The predicted molar refractivity (Wildman–Crippen MR) is 103 cm³/mol. The first-order valence-corrected chi connectivity index (χ1v) is 9.02. The Hall–Kier alpha value is -3.02. The third kappa shape index (κ3) is 5.00. The van der Waals surface area contributed by atoms with Gasteiger partial charge in [-0.15, -0.1) is 0 Å². The van der Waals surface area contributed by atoms with E-state index in [1.54, 1.807) is 6.20 Å². The molecular weight excluding hydrogens is 340 g/mol. The van der Waals surface area contributed by atoms with E-state index in [9.17, 15) is 4.79 Å². The van der Waals surface area contributed by atoms with Crippen LogP contribution in [0.4, 0.5) is 0 Å². The van der Waals surface area contributed by atoms with E-state index in [1.807, 2.05) is 48.5 Å². The average Bonchev–Trinajstić information content (AvgIpc) is 3.14. The molecule has 0 aliphatic carbocycles. The summed E-state index contributed by atoms with van der Waals surface area (Å²) in [6.45, 7) is 6.34. The molecule has 3 aromatic rings. The van der Waals surface area contributed by atoms with Gasteiger partial charge in [0.05, 0.1) is 6.04 Å². The van der Waals surface area contributed by atoms with Gasteiger partial charge < -0.3 is 9.84 Å². The van der Waals surface area contributed by atoms with Gasteiger partial charge in [-0.25, -0.2) is 0 Å². The van der Waals surface area contributed by atoms with E-state index < -0.39 is 0 Å². The number of amides is 1. The Morgan fingerprint density at radius 1 is 1.11 bits per heavy atom. The maximum Gasteiger partial charge on any atom is 0.227 e. The van der Waals surface area contributed by atoms with Gasteiger partial charge in [0.15, 0.2) is 0 Å². The SMILES string of the molecule is CC(C)(C)C(NC(=O)CCc1nc(-c2ccccn2)no1)c1ccccc1. The molecule has 0 saturated heterocycles. The number of aryl methyl sites for hydroxylation is 1. The van der Waals surface area contributed by atoms with Gasteiger partial charge in [0.2, 0.25) is 17.6 Å². The molecule has 0 radical (unpaired) electrons. The fourth-order valence-corrected chi connectivity index (χ4v) is 2.85. The molecule has 1 unspecified atom stereocenters. The lowest BCUT2D eigenvalue weighted by atomic mass is 9.82. The van der Waals surface area contributed by atoms with Crippen LogP contribution in [-0.2, 0) is 11.2 Å². The van der Waals surface area contributed by atoms with E-state index in [1.165, 1.54) is 0 Å². The van der Waals surface area contributed by atoms with Crippen LogP contribution in [-0.4, -0.2) is 21.0 Å². The summed E-state index contributed by atoms with van der Waals surface area (Å²) in [5.74, 6) is 0.817. The zero-order valence-corrected chi connectivity index (χ0v) is 15.8. The molecule has 1 atom stereocenters. The first-order chi connectivity index (χ1) is 12.9. The van der Waals surface area contributed by atoms with E-state index in [0.717, 1.165) is 5.56 Å². The molecule has 27 heavy (non-hydrogen) atoms. The van der Waals surface area contributed by atoms with Crippen molar-refractivity contribution in [3.63, 3.8) is 0 Å². The van der Waals surface area contributed by atoms with Gasteiger partial charge in [-0.3, -0.25) is 9.78 Å². The second kappa shape index (κ2) is 8.12. The molecule has 2 aromatic heterocycles. The third-order valence-corrected chi connectivity index (χ3v) is 4.23. The smallest absolute Gasteiger partial charge is 0.227 e. The molecule has 2 heterocycles. The van der Waals surface area contributed by atoms with Crippen molar-refractivity contribution in [1.82, 2.24) is 20.4 Å². The van der Waals surface area contributed by atoms with Gasteiger partial charge in [-0.05, 0) is 23.1 Å². The minimum Gasteiger partial charge on any atom is -0.349 e. The van der Waals surface area contributed by atoms with E-state index in [0.29, 0.717) is 23.8 Å². The molecular formula is C21H24N4O2. The summed E-state index contributed by atoms with van der Waals surface area (Å²) in [4.78, 5) is 21.0. The standard InChI is InChI=1S/C21H24N4O2/c1-21(2,3)19(15-9-5-4-6-10-15)23-17(26)12-13-18-24-20(25-27-18)16-11-7-8-14-22-16/h4-11,14,19H,12-13H2,1-3H3,(H,23,26). The van der Waals surface area contributed by atoms with Crippen LogP contribution in [0.15, 0.2) is 59.3 Å². The number of carbonyl (C=O) groups is 1. The maximum atomic E-state index is 12.5. The van der Waals surface area contributed by atoms with Crippen LogP contribution in [0.25, 0.3) is 11.5 Å². The highest BCUT2D eigenvalue weighted by molar-refractivity contribution is 5.76. The zero-order chi connectivity index (χ0) is 19.3. The fourth-order valence-electron chi connectivity index (χ4n) is 2.85. The summed E-state index contributed by atoms with van der Waals surface area (Å²) in [6.07, 6.45) is 2.34. The van der Waals surface area contributed by atoms with Crippen LogP contribution in [0, 0.1) is 5.41 Å². The highest BCUT2D eigenvalue weighted by Gasteiger charge is 2.27. The van der Waals surface area contributed by atoms with Crippen LogP contribution in [0.2, 0.25) is 0 Å². The Morgan fingerprint density at radius 3 is 2.52 bits per heavy atom. The molecule has 140 valence electrons. The lowest BCUT2D eigenvalue weighted by Crippen LogP contribution is -2.36. The van der Waals surface area contributed by atoms with Gasteiger partial charge in [0.1, 0.15) is 5.69 Å². The minimum absolute atomic E-state index is 0.0450. The summed E-state index contributed by atoms with van der Waals surface area (Å²) < 4.78 is 5.25. The number of benzene rings is 1. The number of hydrogen-bond donors (Lipinski definition) is 1. The van der Waals surface area contributed by atoms with Gasteiger partial charge in [0, 0.05) is 19.0 Å². The molecule has 0 bridgehead atoms. The number of nitrogens with one attached hydrogen (secondary N) is 1.